The van der Waals surface area contributed by atoms with Crippen molar-refractivity contribution in [1.82, 2.24) is 19.9 Å². The maximum absolute atomic E-state index is 12.3. The van der Waals surface area contributed by atoms with Crippen LogP contribution in [0, 0.1) is 5.92 Å². The Labute approximate surface area is 169 Å². The Kier molecular flexibility index (Phi) is 4.31. The molecule has 9 heteroatoms. The van der Waals surface area contributed by atoms with Crippen LogP contribution >= 0.6 is 11.3 Å². The number of aromatic amines is 2. The molecule has 29 heavy (non-hydrogen) atoms. The number of aryl methyl sites for hydroxylation is 1. The van der Waals surface area contributed by atoms with E-state index in [0.717, 1.165) is 51.0 Å². The number of nitrogens with zero attached hydrogens (tertiary/aromatic N) is 2. The normalized spacial score (nSPS) is 16.1. The topological polar surface area (TPSA) is 113 Å². The highest BCUT2D eigenvalue weighted by Crippen LogP contribution is 2.35. The zero-order chi connectivity index (χ0) is 20.0. The van der Waals surface area contributed by atoms with Crippen molar-refractivity contribution in [3.05, 3.63) is 45.5 Å². The minimum absolute atomic E-state index is 0.0775. The molecular formula is C20H19N5O3S. The molecule has 0 fully saturated rings. The van der Waals surface area contributed by atoms with Gasteiger partial charge in [-0.25, -0.2) is 9.97 Å². The quantitative estimate of drug-likeness (QED) is 0.446. The number of nitrogens with one attached hydrogen (secondary N) is 3. The number of anilines is 2. The number of fused-ring (bicyclic) bond motifs is 4. The van der Waals surface area contributed by atoms with Crippen LogP contribution in [0.25, 0.3) is 21.3 Å². The SMILES string of the molecule is CCOC(=O)C1CCc2[nH]c3ncnc(Nc4ccc5[nH]c(=O)sc5c4)c3c2C1. The van der Waals surface area contributed by atoms with Gasteiger partial charge in [0, 0.05) is 11.4 Å². The molecule has 1 unspecified atom stereocenters. The summed E-state index contributed by atoms with van der Waals surface area (Å²) in [5.41, 5.74) is 4.57. The maximum Gasteiger partial charge on any atom is 0.309 e. The van der Waals surface area contributed by atoms with Crippen molar-refractivity contribution in [2.45, 2.75) is 26.2 Å². The number of rotatable bonds is 4. The van der Waals surface area contributed by atoms with Crippen LogP contribution in [0.2, 0.25) is 0 Å². The molecule has 0 aliphatic heterocycles. The molecule has 4 aromatic rings. The van der Waals surface area contributed by atoms with E-state index in [0.29, 0.717) is 18.8 Å². The van der Waals surface area contributed by atoms with Gasteiger partial charge in [0.05, 0.1) is 28.1 Å². The summed E-state index contributed by atoms with van der Waals surface area (Å²) in [6, 6.07) is 5.70. The van der Waals surface area contributed by atoms with E-state index in [1.54, 1.807) is 0 Å². The summed E-state index contributed by atoms with van der Waals surface area (Å²) in [5, 5.41) is 4.26. The molecule has 0 amide bonds. The van der Waals surface area contributed by atoms with E-state index in [-0.39, 0.29) is 16.8 Å². The number of aromatic nitrogens is 4. The molecular weight excluding hydrogens is 390 g/mol. The number of hydrogen-bond acceptors (Lipinski definition) is 7. The zero-order valence-electron chi connectivity index (χ0n) is 15.7. The first-order chi connectivity index (χ1) is 14.1. The third-order valence-corrected chi connectivity index (χ3v) is 6.12. The Hall–Kier alpha value is -3.20. The smallest absolute Gasteiger partial charge is 0.309 e. The molecule has 1 aliphatic carbocycles. The highest BCUT2D eigenvalue weighted by molar-refractivity contribution is 7.16. The molecule has 0 bridgehead atoms. The van der Waals surface area contributed by atoms with Crippen LogP contribution in [0.5, 0.6) is 0 Å². The summed E-state index contributed by atoms with van der Waals surface area (Å²) in [4.78, 5) is 38.8. The lowest BCUT2D eigenvalue weighted by Gasteiger charge is -2.21. The summed E-state index contributed by atoms with van der Waals surface area (Å²) in [6.07, 6.45) is 3.66. The Morgan fingerprint density at radius 1 is 1.34 bits per heavy atom. The molecule has 148 valence electrons. The third kappa shape index (κ3) is 3.17. The Bertz CT molecular complexity index is 1290. The summed E-state index contributed by atoms with van der Waals surface area (Å²) in [6.45, 7) is 2.21. The van der Waals surface area contributed by atoms with E-state index in [4.69, 9.17) is 4.74 Å². The van der Waals surface area contributed by atoms with Crippen molar-refractivity contribution in [3.63, 3.8) is 0 Å². The molecule has 0 radical (unpaired) electrons. The van der Waals surface area contributed by atoms with Gasteiger partial charge in [0.1, 0.15) is 17.8 Å². The lowest BCUT2D eigenvalue weighted by atomic mass is 9.86. The second-order valence-electron chi connectivity index (χ2n) is 7.07. The summed E-state index contributed by atoms with van der Waals surface area (Å²) in [7, 11) is 0. The van der Waals surface area contributed by atoms with Crippen molar-refractivity contribution in [3.8, 4) is 0 Å². The molecule has 1 aliphatic rings. The van der Waals surface area contributed by atoms with Gasteiger partial charge in [-0.3, -0.25) is 9.59 Å². The Morgan fingerprint density at radius 3 is 3.10 bits per heavy atom. The van der Waals surface area contributed by atoms with Crippen molar-refractivity contribution >= 4 is 50.1 Å². The molecule has 5 rings (SSSR count). The number of carbonyl (C=O) groups is 1. The van der Waals surface area contributed by atoms with Crippen molar-refractivity contribution in [1.29, 1.82) is 0 Å². The number of H-pyrrole nitrogens is 2. The van der Waals surface area contributed by atoms with Crippen LogP contribution in [0.15, 0.2) is 29.3 Å². The van der Waals surface area contributed by atoms with Gasteiger partial charge < -0.3 is 20.0 Å². The number of esters is 1. The molecule has 1 atom stereocenters. The summed E-state index contributed by atoms with van der Waals surface area (Å²) < 4.78 is 6.11. The minimum atomic E-state index is -0.150. The van der Waals surface area contributed by atoms with Crippen LogP contribution in [0.3, 0.4) is 0 Å². The van der Waals surface area contributed by atoms with E-state index in [9.17, 15) is 9.59 Å². The second-order valence-corrected chi connectivity index (χ2v) is 8.08. The molecule has 8 nitrogen and oxygen atoms in total. The molecule has 3 N–H and O–H groups in total. The highest BCUT2D eigenvalue weighted by Gasteiger charge is 2.29. The first-order valence-electron chi connectivity index (χ1n) is 9.53. The number of hydrogen-bond donors (Lipinski definition) is 3. The van der Waals surface area contributed by atoms with Crippen LogP contribution in [-0.2, 0) is 22.4 Å². The van der Waals surface area contributed by atoms with E-state index in [1.807, 2.05) is 25.1 Å². The van der Waals surface area contributed by atoms with E-state index in [2.05, 4.69) is 25.3 Å². The van der Waals surface area contributed by atoms with Crippen LogP contribution in [0.1, 0.15) is 24.6 Å². The van der Waals surface area contributed by atoms with Crippen molar-refractivity contribution < 1.29 is 9.53 Å². The largest absolute Gasteiger partial charge is 0.466 e. The monoisotopic (exact) mass is 409 g/mol. The van der Waals surface area contributed by atoms with Gasteiger partial charge in [-0.05, 0) is 49.9 Å². The molecule has 0 saturated carbocycles. The number of carbonyl (C=O) groups excluding carboxylic acids is 1. The average molecular weight is 409 g/mol. The van der Waals surface area contributed by atoms with Gasteiger partial charge in [-0.15, -0.1) is 0 Å². The molecule has 3 heterocycles. The Morgan fingerprint density at radius 2 is 2.24 bits per heavy atom. The molecule has 3 aromatic heterocycles. The second kappa shape index (κ2) is 7.00. The van der Waals surface area contributed by atoms with Crippen LogP contribution in [-0.4, -0.2) is 32.5 Å². The maximum atomic E-state index is 12.3. The van der Waals surface area contributed by atoms with Gasteiger partial charge in [-0.2, -0.15) is 0 Å². The van der Waals surface area contributed by atoms with E-state index < -0.39 is 0 Å². The molecule has 0 spiro atoms. The van der Waals surface area contributed by atoms with Gasteiger partial charge >= 0.3 is 10.8 Å². The molecule has 0 saturated heterocycles. The summed E-state index contributed by atoms with van der Waals surface area (Å²) in [5.74, 6) is 0.383. The predicted octanol–water partition coefficient (Wildman–Crippen LogP) is 3.27. The standard InChI is InChI=1S/C20H19N5O3S/c1-2-28-19(26)10-3-5-13-12(7-10)16-17(21-9-22-18(16)24-13)23-11-4-6-14-15(8-11)29-20(27)25-14/h4,6,8-10H,2-3,5,7H2,1H3,(H,25,27)(H2,21,22,23,24). The van der Waals surface area contributed by atoms with Gasteiger partial charge in [0.25, 0.3) is 0 Å². The van der Waals surface area contributed by atoms with Gasteiger partial charge in [-0.1, -0.05) is 11.3 Å². The lowest BCUT2D eigenvalue weighted by molar-refractivity contribution is -0.148. The van der Waals surface area contributed by atoms with Crippen molar-refractivity contribution in [2.75, 3.05) is 11.9 Å². The fourth-order valence-electron chi connectivity index (χ4n) is 3.96. The summed E-state index contributed by atoms with van der Waals surface area (Å²) >= 11 is 1.17. The van der Waals surface area contributed by atoms with Gasteiger partial charge in [0.15, 0.2) is 0 Å². The fourth-order valence-corrected chi connectivity index (χ4v) is 4.73. The molecule has 1 aromatic carbocycles. The third-order valence-electron chi connectivity index (χ3n) is 5.28. The first-order valence-corrected chi connectivity index (χ1v) is 10.3. The minimum Gasteiger partial charge on any atom is -0.466 e. The fraction of sp³-hybridized carbons (Fsp3) is 0.300. The number of thiazole rings is 1. The Balaban J connectivity index is 1.53. The van der Waals surface area contributed by atoms with Crippen LogP contribution in [0.4, 0.5) is 11.5 Å². The van der Waals surface area contributed by atoms with E-state index >= 15 is 0 Å². The van der Waals surface area contributed by atoms with E-state index in [1.165, 1.54) is 17.7 Å². The lowest BCUT2D eigenvalue weighted by Crippen LogP contribution is -2.24. The van der Waals surface area contributed by atoms with Crippen LogP contribution < -0.4 is 10.2 Å². The number of ether oxygens (including phenoxy) is 1. The zero-order valence-corrected chi connectivity index (χ0v) is 16.6. The predicted molar refractivity (Wildman–Crippen MR) is 112 cm³/mol. The van der Waals surface area contributed by atoms with Crippen molar-refractivity contribution in [2.24, 2.45) is 5.92 Å². The highest BCUT2D eigenvalue weighted by atomic mass is 32.1. The average Bonchev–Trinajstić information content (AvgIpc) is 3.27. The number of benzene rings is 1. The van der Waals surface area contributed by atoms with Gasteiger partial charge in [0.2, 0.25) is 0 Å². The first kappa shape index (κ1) is 17.9.